The van der Waals surface area contributed by atoms with E-state index in [4.69, 9.17) is 16.2 Å². The van der Waals surface area contributed by atoms with Gasteiger partial charge in [0.25, 0.3) is 0 Å². The summed E-state index contributed by atoms with van der Waals surface area (Å²) in [5.41, 5.74) is 11.5. The maximum absolute atomic E-state index is 5.32. The Hall–Kier alpha value is -1.85. The molecular formula is C7H11N5O. The van der Waals surface area contributed by atoms with Gasteiger partial charge in [-0.25, -0.2) is 0 Å². The third kappa shape index (κ3) is 2.94. The highest BCUT2D eigenvalue weighted by Gasteiger charge is 2.01. The summed E-state index contributed by atoms with van der Waals surface area (Å²) in [7, 11) is 0. The van der Waals surface area contributed by atoms with Crippen LogP contribution in [0.5, 0.6) is 6.01 Å². The molecule has 6 heteroatoms. The van der Waals surface area contributed by atoms with E-state index in [1.54, 1.807) is 0 Å². The van der Waals surface area contributed by atoms with Crippen molar-refractivity contribution in [3.63, 3.8) is 0 Å². The van der Waals surface area contributed by atoms with Crippen molar-refractivity contribution in [3.8, 4) is 6.01 Å². The van der Waals surface area contributed by atoms with E-state index in [2.05, 4.69) is 21.5 Å². The highest BCUT2D eigenvalue weighted by atomic mass is 16.5. The van der Waals surface area contributed by atoms with Crippen LogP contribution in [0, 0.1) is 0 Å². The smallest absolute Gasteiger partial charge is 0.323 e. The molecule has 0 spiro atoms. The van der Waals surface area contributed by atoms with Gasteiger partial charge in [0.1, 0.15) is 6.61 Å². The van der Waals surface area contributed by atoms with Gasteiger partial charge in [0.05, 0.1) is 0 Å². The summed E-state index contributed by atoms with van der Waals surface area (Å²) in [6.45, 7) is 5.82. The van der Waals surface area contributed by atoms with Gasteiger partial charge in [0.2, 0.25) is 11.9 Å². The van der Waals surface area contributed by atoms with Crippen molar-refractivity contribution in [2.45, 2.75) is 6.92 Å². The zero-order valence-electron chi connectivity index (χ0n) is 7.32. The van der Waals surface area contributed by atoms with Crippen LogP contribution < -0.4 is 16.2 Å². The van der Waals surface area contributed by atoms with E-state index in [-0.39, 0.29) is 17.9 Å². The molecule has 1 aromatic rings. The second kappa shape index (κ2) is 3.70. The van der Waals surface area contributed by atoms with Crippen LogP contribution in [-0.2, 0) is 0 Å². The van der Waals surface area contributed by atoms with E-state index < -0.39 is 0 Å². The Morgan fingerprint density at radius 3 is 2.31 bits per heavy atom. The van der Waals surface area contributed by atoms with E-state index in [1.807, 2.05) is 6.92 Å². The number of nitrogens with zero attached hydrogens (tertiary/aromatic N) is 3. The molecule has 1 rings (SSSR count). The first-order valence-corrected chi connectivity index (χ1v) is 3.62. The minimum absolute atomic E-state index is 0.0456. The summed E-state index contributed by atoms with van der Waals surface area (Å²) in [4.78, 5) is 11.0. The van der Waals surface area contributed by atoms with Crippen molar-refractivity contribution in [2.75, 3.05) is 18.1 Å². The molecule has 0 aliphatic rings. The van der Waals surface area contributed by atoms with Gasteiger partial charge in [0, 0.05) is 0 Å². The molecule has 6 nitrogen and oxygen atoms in total. The summed E-state index contributed by atoms with van der Waals surface area (Å²) in [6.07, 6.45) is 0. The Labute approximate surface area is 75.7 Å². The van der Waals surface area contributed by atoms with E-state index in [9.17, 15) is 0 Å². The van der Waals surface area contributed by atoms with Crippen LogP contribution in [0.1, 0.15) is 6.92 Å². The Kier molecular flexibility index (Phi) is 2.63. The van der Waals surface area contributed by atoms with Crippen molar-refractivity contribution < 1.29 is 4.74 Å². The SMILES string of the molecule is C=C(C)COc1nc(N)nc(N)n1. The fourth-order valence-corrected chi connectivity index (χ4v) is 0.641. The number of nitrogens with two attached hydrogens (primary N) is 2. The van der Waals surface area contributed by atoms with E-state index in [0.29, 0.717) is 6.61 Å². The van der Waals surface area contributed by atoms with Crippen LogP contribution in [-0.4, -0.2) is 21.6 Å². The Bertz CT molecular complexity index is 304. The first kappa shape index (κ1) is 9.24. The van der Waals surface area contributed by atoms with Gasteiger partial charge in [-0.15, -0.1) is 0 Å². The maximum atomic E-state index is 5.32. The van der Waals surface area contributed by atoms with Crippen LogP contribution in [0.4, 0.5) is 11.9 Å². The topological polar surface area (TPSA) is 99.9 Å². The van der Waals surface area contributed by atoms with Crippen LogP contribution in [0.3, 0.4) is 0 Å². The highest BCUT2D eigenvalue weighted by Crippen LogP contribution is 2.06. The average molecular weight is 181 g/mol. The lowest BCUT2D eigenvalue weighted by Gasteiger charge is -2.03. The van der Waals surface area contributed by atoms with Crippen LogP contribution in [0.25, 0.3) is 0 Å². The first-order chi connectivity index (χ1) is 6.08. The van der Waals surface area contributed by atoms with Crippen LogP contribution in [0.2, 0.25) is 0 Å². The van der Waals surface area contributed by atoms with E-state index in [1.165, 1.54) is 0 Å². The fourth-order valence-electron chi connectivity index (χ4n) is 0.641. The fraction of sp³-hybridized carbons (Fsp3) is 0.286. The van der Waals surface area contributed by atoms with Gasteiger partial charge >= 0.3 is 6.01 Å². The maximum Gasteiger partial charge on any atom is 0.323 e. The van der Waals surface area contributed by atoms with Crippen molar-refractivity contribution >= 4 is 11.9 Å². The predicted molar refractivity (Wildman–Crippen MR) is 49.0 cm³/mol. The third-order valence-corrected chi connectivity index (χ3v) is 1.10. The molecule has 0 aliphatic heterocycles. The van der Waals surface area contributed by atoms with Crippen LogP contribution in [0.15, 0.2) is 12.2 Å². The Balaban J connectivity index is 2.71. The Morgan fingerprint density at radius 2 is 1.85 bits per heavy atom. The van der Waals surface area contributed by atoms with Crippen molar-refractivity contribution in [3.05, 3.63) is 12.2 Å². The van der Waals surface area contributed by atoms with Gasteiger partial charge in [-0.3, -0.25) is 0 Å². The molecule has 70 valence electrons. The molecule has 0 fully saturated rings. The molecule has 13 heavy (non-hydrogen) atoms. The normalized spacial score (nSPS) is 9.62. The summed E-state index contributed by atoms with van der Waals surface area (Å²) < 4.78 is 5.11. The van der Waals surface area contributed by atoms with Gasteiger partial charge in [-0.2, -0.15) is 15.0 Å². The molecule has 0 amide bonds. The molecule has 0 unspecified atom stereocenters. The monoisotopic (exact) mass is 181 g/mol. The summed E-state index contributed by atoms with van der Waals surface area (Å²) in [6, 6.07) is 0.119. The molecule has 0 saturated carbocycles. The van der Waals surface area contributed by atoms with Crippen molar-refractivity contribution in [1.82, 2.24) is 15.0 Å². The second-order valence-electron chi connectivity index (χ2n) is 2.58. The molecular weight excluding hydrogens is 170 g/mol. The van der Waals surface area contributed by atoms with Gasteiger partial charge in [-0.1, -0.05) is 6.58 Å². The van der Waals surface area contributed by atoms with Crippen molar-refractivity contribution in [1.29, 1.82) is 0 Å². The number of ether oxygens (including phenoxy) is 1. The zero-order valence-corrected chi connectivity index (χ0v) is 7.32. The van der Waals surface area contributed by atoms with Crippen molar-refractivity contribution in [2.24, 2.45) is 0 Å². The van der Waals surface area contributed by atoms with Gasteiger partial charge < -0.3 is 16.2 Å². The predicted octanol–water partition coefficient (Wildman–Crippen LogP) is -0.00910. The van der Waals surface area contributed by atoms with E-state index in [0.717, 1.165) is 5.57 Å². The number of nitrogen functional groups attached to an aromatic ring is 2. The lowest BCUT2D eigenvalue weighted by molar-refractivity contribution is 0.324. The standard InChI is InChI=1S/C7H11N5O/c1-4(2)3-13-7-11-5(8)10-6(9)12-7/h1,3H2,2H3,(H4,8,9,10,11,12). The van der Waals surface area contributed by atoms with Crippen LogP contribution >= 0.6 is 0 Å². The summed E-state index contributed by atoms with van der Waals surface area (Å²) >= 11 is 0. The zero-order chi connectivity index (χ0) is 9.84. The lowest BCUT2D eigenvalue weighted by Crippen LogP contribution is -2.07. The molecule has 0 saturated heterocycles. The number of hydrogen-bond acceptors (Lipinski definition) is 6. The van der Waals surface area contributed by atoms with E-state index >= 15 is 0 Å². The molecule has 4 N–H and O–H groups in total. The summed E-state index contributed by atoms with van der Waals surface area (Å²) in [5, 5.41) is 0. The number of aromatic nitrogens is 3. The molecule has 0 bridgehead atoms. The number of rotatable bonds is 3. The average Bonchev–Trinajstić information content (AvgIpc) is 1.99. The molecule has 1 heterocycles. The molecule has 0 aromatic carbocycles. The minimum atomic E-state index is 0.0456. The quantitative estimate of drug-likeness (QED) is 0.636. The molecule has 0 radical (unpaired) electrons. The first-order valence-electron chi connectivity index (χ1n) is 3.62. The largest absolute Gasteiger partial charge is 0.459 e. The Morgan fingerprint density at radius 1 is 1.31 bits per heavy atom. The highest BCUT2D eigenvalue weighted by molar-refractivity contribution is 5.27. The summed E-state index contributed by atoms with van der Waals surface area (Å²) in [5.74, 6) is 0.0911. The molecule has 0 atom stereocenters. The minimum Gasteiger partial charge on any atom is -0.459 e. The van der Waals surface area contributed by atoms with Gasteiger partial charge in [0.15, 0.2) is 0 Å². The second-order valence-corrected chi connectivity index (χ2v) is 2.58. The van der Waals surface area contributed by atoms with Gasteiger partial charge in [-0.05, 0) is 12.5 Å². The number of anilines is 2. The lowest BCUT2D eigenvalue weighted by atomic mass is 10.4. The molecule has 1 aromatic heterocycles. The third-order valence-electron chi connectivity index (χ3n) is 1.10. The molecule has 0 aliphatic carbocycles. The number of hydrogen-bond donors (Lipinski definition) is 2.